The lowest BCUT2D eigenvalue weighted by atomic mass is 9.96. The summed E-state index contributed by atoms with van der Waals surface area (Å²) in [5.74, 6) is 0.785. The number of nitrogens with two attached hydrogens (primary N) is 1. The zero-order valence-electron chi connectivity index (χ0n) is 14.9. The molecule has 0 aliphatic carbocycles. The molecule has 28 heavy (non-hydrogen) atoms. The van der Waals surface area contributed by atoms with Crippen molar-refractivity contribution in [2.75, 3.05) is 5.43 Å². The molecule has 7 heteroatoms. The highest BCUT2D eigenvalue weighted by molar-refractivity contribution is 7.89. The standard InChI is InChI=1S/C21H19N3O3S/c22-28(25,26)17-12-10-16(11-13-17)23-24-19-14-21(15-6-2-1-3-7-15)27-20-9-5-4-8-18(19)20/h1-13,21,23H,14H2,(H2,22,25,26)/t21-/m1/s1. The van der Waals surface area contributed by atoms with Crippen molar-refractivity contribution in [1.82, 2.24) is 0 Å². The summed E-state index contributed by atoms with van der Waals surface area (Å²) in [4.78, 5) is 0.0613. The summed E-state index contributed by atoms with van der Waals surface area (Å²) in [6, 6.07) is 24.0. The lowest BCUT2D eigenvalue weighted by Gasteiger charge is -2.27. The molecule has 6 nitrogen and oxygen atoms in total. The molecule has 0 saturated carbocycles. The summed E-state index contributed by atoms with van der Waals surface area (Å²) in [6.45, 7) is 0. The van der Waals surface area contributed by atoms with Gasteiger partial charge in [-0.2, -0.15) is 5.10 Å². The summed E-state index contributed by atoms with van der Waals surface area (Å²) in [6.07, 6.45) is 0.491. The molecule has 3 N–H and O–H groups in total. The number of fused-ring (bicyclic) bond motifs is 1. The van der Waals surface area contributed by atoms with Gasteiger partial charge in [0.2, 0.25) is 10.0 Å². The first-order valence-corrected chi connectivity index (χ1v) is 10.3. The summed E-state index contributed by atoms with van der Waals surface area (Å²) in [5, 5.41) is 9.70. The molecule has 1 atom stereocenters. The van der Waals surface area contributed by atoms with Crippen molar-refractivity contribution in [1.29, 1.82) is 0 Å². The number of hydrogen-bond donors (Lipinski definition) is 2. The Morgan fingerprint density at radius 1 is 0.929 bits per heavy atom. The van der Waals surface area contributed by atoms with Gasteiger partial charge in [-0.1, -0.05) is 42.5 Å². The molecule has 0 radical (unpaired) electrons. The van der Waals surface area contributed by atoms with Crippen molar-refractivity contribution in [3.8, 4) is 5.75 Å². The molecule has 0 spiro atoms. The Kier molecular flexibility index (Phi) is 4.85. The van der Waals surface area contributed by atoms with Crippen molar-refractivity contribution < 1.29 is 13.2 Å². The minimum Gasteiger partial charge on any atom is -0.485 e. The summed E-state index contributed by atoms with van der Waals surface area (Å²) >= 11 is 0. The van der Waals surface area contributed by atoms with Crippen LogP contribution in [0.25, 0.3) is 0 Å². The molecule has 3 aromatic rings. The summed E-state index contributed by atoms with van der Waals surface area (Å²) in [7, 11) is -3.71. The maximum absolute atomic E-state index is 11.4. The van der Waals surface area contributed by atoms with E-state index in [1.54, 1.807) is 12.1 Å². The fourth-order valence-corrected chi connectivity index (χ4v) is 3.61. The fraction of sp³-hybridized carbons (Fsp3) is 0.0952. The third kappa shape index (κ3) is 3.90. The fourth-order valence-electron chi connectivity index (χ4n) is 3.10. The number of nitrogens with one attached hydrogen (secondary N) is 1. The number of hydrazone groups is 1. The van der Waals surface area contributed by atoms with E-state index in [2.05, 4.69) is 10.5 Å². The topological polar surface area (TPSA) is 93.8 Å². The predicted molar refractivity (Wildman–Crippen MR) is 109 cm³/mol. The van der Waals surface area contributed by atoms with Crippen LogP contribution in [-0.2, 0) is 10.0 Å². The van der Waals surface area contributed by atoms with Gasteiger partial charge < -0.3 is 4.74 Å². The Balaban J connectivity index is 1.62. The summed E-state index contributed by atoms with van der Waals surface area (Å²) < 4.78 is 28.9. The number of sulfonamides is 1. The van der Waals surface area contributed by atoms with Crippen molar-refractivity contribution >= 4 is 21.4 Å². The molecule has 1 heterocycles. The van der Waals surface area contributed by atoms with Crippen molar-refractivity contribution in [2.45, 2.75) is 17.4 Å². The van der Waals surface area contributed by atoms with E-state index in [9.17, 15) is 8.42 Å². The Labute approximate surface area is 163 Å². The van der Waals surface area contributed by atoms with Crippen LogP contribution >= 0.6 is 0 Å². The SMILES string of the molecule is NS(=O)(=O)c1ccc(NN=C2C[C@H](c3ccccc3)Oc3ccccc32)cc1. The average molecular weight is 393 g/mol. The number of nitrogens with zero attached hydrogens (tertiary/aromatic N) is 1. The van der Waals surface area contributed by atoms with Gasteiger partial charge in [0, 0.05) is 12.0 Å². The van der Waals surface area contributed by atoms with Crippen LogP contribution in [0.15, 0.2) is 88.9 Å². The van der Waals surface area contributed by atoms with E-state index in [0.29, 0.717) is 12.1 Å². The van der Waals surface area contributed by atoms with Gasteiger partial charge in [0.05, 0.1) is 16.3 Å². The molecule has 1 aliphatic heterocycles. The number of para-hydroxylation sites is 1. The van der Waals surface area contributed by atoms with Gasteiger partial charge in [0.1, 0.15) is 11.9 Å². The predicted octanol–water partition coefficient (Wildman–Crippen LogP) is 3.67. The molecule has 4 rings (SSSR count). The molecule has 1 aliphatic rings. The van der Waals surface area contributed by atoms with Crippen LogP contribution in [0.3, 0.4) is 0 Å². The maximum Gasteiger partial charge on any atom is 0.238 e. The van der Waals surface area contributed by atoms with Crippen LogP contribution < -0.4 is 15.3 Å². The highest BCUT2D eigenvalue weighted by atomic mass is 32.2. The quantitative estimate of drug-likeness (QED) is 0.661. The first kappa shape index (κ1) is 18.2. The largest absolute Gasteiger partial charge is 0.485 e. The van der Waals surface area contributed by atoms with Gasteiger partial charge in [0.15, 0.2) is 0 Å². The lowest BCUT2D eigenvalue weighted by Crippen LogP contribution is -2.21. The highest BCUT2D eigenvalue weighted by Gasteiger charge is 2.26. The normalized spacial score (nSPS) is 17.6. The summed E-state index contributed by atoms with van der Waals surface area (Å²) in [5.41, 5.74) is 6.56. The van der Waals surface area contributed by atoms with E-state index in [1.807, 2.05) is 54.6 Å². The minimum absolute atomic E-state index is 0.0613. The molecule has 0 unspecified atom stereocenters. The van der Waals surface area contributed by atoms with Crippen LogP contribution in [0.4, 0.5) is 5.69 Å². The average Bonchev–Trinajstić information content (AvgIpc) is 2.72. The molecular formula is C21H19N3O3S. The number of benzene rings is 3. The van der Waals surface area contributed by atoms with E-state index < -0.39 is 10.0 Å². The monoisotopic (exact) mass is 393 g/mol. The lowest BCUT2D eigenvalue weighted by molar-refractivity contribution is 0.206. The van der Waals surface area contributed by atoms with Crippen molar-refractivity contribution in [3.63, 3.8) is 0 Å². The van der Waals surface area contributed by atoms with Gasteiger partial charge in [-0.25, -0.2) is 13.6 Å². The van der Waals surface area contributed by atoms with Gasteiger partial charge in [-0.15, -0.1) is 0 Å². The Bertz CT molecular complexity index is 1110. The number of ether oxygens (including phenoxy) is 1. The minimum atomic E-state index is -3.71. The zero-order valence-corrected chi connectivity index (χ0v) is 15.8. The number of hydrogen-bond acceptors (Lipinski definition) is 5. The smallest absolute Gasteiger partial charge is 0.238 e. The Morgan fingerprint density at radius 3 is 2.32 bits per heavy atom. The molecule has 0 fully saturated rings. The van der Waals surface area contributed by atoms with E-state index in [0.717, 1.165) is 22.6 Å². The number of primary sulfonamides is 1. The first-order valence-electron chi connectivity index (χ1n) is 8.77. The third-order valence-electron chi connectivity index (χ3n) is 4.52. The van der Waals surface area contributed by atoms with E-state index in [4.69, 9.17) is 9.88 Å². The van der Waals surface area contributed by atoms with Crippen LogP contribution in [0, 0.1) is 0 Å². The maximum atomic E-state index is 11.4. The molecule has 0 aromatic heterocycles. The second-order valence-corrected chi connectivity index (χ2v) is 8.02. The van der Waals surface area contributed by atoms with Gasteiger partial charge in [0.25, 0.3) is 0 Å². The number of anilines is 1. The van der Waals surface area contributed by atoms with E-state index in [1.165, 1.54) is 12.1 Å². The van der Waals surface area contributed by atoms with Crippen LogP contribution in [0.1, 0.15) is 23.7 Å². The van der Waals surface area contributed by atoms with Crippen molar-refractivity contribution in [2.24, 2.45) is 10.2 Å². The van der Waals surface area contributed by atoms with Gasteiger partial charge in [-0.05, 0) is 42.0 Å². The van der Waals surface area contributed by atoms with E-state index in [-0.39, 0.29) is 11.0 Å². The van der Waals surface area contributed by atoms with Gasteiger partial charge in [-0.3, -0.25) is 5.43 Å². The highest BCUT2D eigenvalue weighted by Crippen LogP contribution is 2.35. The first-order chi connectivity index (χ1) is 13.5. The zero-order chi connectivity index (χ0) is 19.6. The Hall–Kier alpha value is -3.16. The Morgan fingerprint density at radius 2 is 1.61 bits per heavy atom. The van der Waals surface area contributed by atoms with Crippen LogP contribution in [-0.4, -0.2) is 14.1 Å². The number of rotatable bonds is 4. The van der Waals surface area contributed by atoms with E-state index >= 15 is 0 Å². The molecule has 142 valence electrons. The second kappa shape index (κ2) is 7.46. The van der Waals surface area contributed by atoms with Crippen LogP contribution in [0.2, 0.25) is 0 Å². The third-order valence-corrected chi connectivity index (χ3v) is 5.45. The molecular weight excluding hydrogens is 374 g/mol. The second-order valence-electron chi connectivity index (χ2n) is 6.46. The van der Waals surface area contributed by atoms with Crippen LogP contribution in [0.5, 0.6) is 5.75 Å². The molecule has 3 aromatic carbocycles. The van der Waals surface area contributed by atoms with Crippen molar-refractivity contribution in [3.05, 3.63) is 90.0 Å². The van der Waals surface area contributed by atoms with Gasteiger partial charge >= 0.3 is 0 Å². The molecule has 0 amide bonds. The molecule has 0 bridgehead atoms. The molecule has 0 saturated heterocycles.